The zero-order valence-electron chi connectivity index (χ0n) is 10.5. The molecular formula is C14H17NO2. The molecule has 0 saturated carbocycles. The van der Waals surface area contributed by atoms with Gasteiger partial charge in [0, 0.05) is 11.3 Å². The second-order valence-corrected chi connectivity index (χ2v) is 3.74. The summed E-state index contributed by atoms with van der Waals surface area (Å²) in [6.45, 7) is 6.10. The zero-order chi connectivity index (χ0) is 12.8. The predicted molar refractivity (Wildman–Crippen MR) is 68.5 cm³/mol. The Bertz CT molecular complexity index is 481. The van der Waals surface area contributed by atoms with E-state index in [-0.39, 0.29) is 12.4 Å². The van der Waals surface area contributed by atoms with Gasteiger partial charge in [0.05, 0.1) is 6.61 Å². The van der Waals surface area contributed by atoms with E-state index in [2.05, 4.69) is 11.8 Å². The largest absolute Gasteiger partial charge is 0.465 e. The van der Waals surface area contributed by atoms with Crippen LogP contribution in [0.3, 0.4) is 0 Å². The van der Waals surface area contributed by atoms with Gasteiger partial charge in [0.15, 0.2) is 0 Å². The van der Waals surface area contributed by atoms with Gasteiger partial charge in [0.1, 0.15) is 6.42 Å². The number of hydrogen-bond acceptors (Lipinski definition) is 3. The molecule has 0 heterocycles. The lowest BCUT2D eigenvalue weighted by molar-refractivity contribution is -0.141. The van der Waals surface area contributed by atoms with E-state index in [1.54, 1.807) is 6.92 Å². The molecule has 1 aromatic carbocycles. The molecule has 3 nitrogen and oxygen atoms in total. The van der Waals surface area contributed by atoms with E-state index in [0.29, 0.717) is 6.61 Å². The molecule has 0 saturated heterocycles. The minimum absolute atomic E-state index is 0.122. The standard InChI is InChI=1S/C14H17NO2/c1-4-17-14(16)7-5-6-12-8-9-13(15)11(3)10(12)2/h8-9H,4,7,15H2,1-3H3. The number of benzene rings is 1. The van der Waals surface area contributed by atoms with E-state index in [4.69, 9.17) is 10.5 Å². The molecule has 0 aromatic heterocycles. The molecule has 0 fully saturated rings. The molecule has 2 N–H and O–H groups in total. The van der Waals surface area contributed by atoms with Crippen LogP contribution in [0.4, 0.5) is 5.69 Å². The monoisotopic (exact) mass is 231 g/mol. The summed E-state index contributed by atoms with van der Waals surface area (Å²) in [4.78, 5) is 11.1. The SMILES string of the molecule is CCOC(=O)CC#Cc1ccc(N)c(C)c1C. The van der Waals surface area contributed by atoms with Gasteiger partial charge in [0.25, 0.3) is 0 Å². The average molecular weight is 231 g/mol. The lowest BCUT2D eigenvalue weighted by Crippen LogP contribution is -2.01. The van der Waals surface area contributed by atoms with Crippen LogP contribution >= 0.6 is 0 Å². The van der Waals surface area contributed by atoms with Crippen molar-refractivity contribution in [3.8, 4) is 11.8 Å². The first-order valence-electron chi connectivity index (χ1n) is 5.56. The number of anilines is 1. The highest BCUT2D eigenvalue weighted by Gasteiger charge is 2.02. The number of rotatable bonds is 2. The van der Waals surface area contributed by atoms with Crippen LogP contribution < -0.4 is 5.73 Å². The van der Waals surface area contributed by atoms with Crippen LogP contribution in [-0.2, 0) is 9.53 Å². The van der Waals surface area contributed by atoms with Gasteiger partial charge in [-0.2, -0.15) is 0 Å². The molecule has 0 atom stereocenters. The first-order chi connectivity index (χ1) is 8.06. The molecule has 0 aliphatic heterocycles. The lowest BCUT2D eigenvalue weighted by atomic mass is 10.0. The average Bonchev–Trinajstić information content (AvgIpc) is 2.29. The minimum Gasteiger partial charge on any atom is -0.465 e. The molecule has 0 unspecified atom stereocenters. The summed E-state index contributed by atoms with van der Waals surface area (Å²) in [5, 5.41) is 0. The van der Waals surface area contributed by atoms with E-state index in [1.807, 2.05) is 26.0 Å². The molecule has 0 spiro atoms. The van der Waals surface area contributed by atoms with Crippen molar-refractivity contribution in [1.29, 1.82) is 0 Å². The van der Waals surface area contributed by atoms with Gasteiger partial charge in [-0.25, -0.2) is 0 Å². The summed E-state index contributed by atoms with van der Waals surface area (Å²) in [6, 6.07) is 3.70. The van der Waals surface area contributed by atoms with Gasteiger partial charge in [0.2, 0.25) is 0 Å². The molecule has 0 bridgehead atoms. The third-order valence-electron chi connectivity index (χ3n) is 2.59. The van der Waals surface area contributed by atoms with Gasteiger partial charge in [-0.1, -0.05) is 11.8 Å². The van der Waals surface area contributed by atoms with Crippen molar-refractivity contribution in [2.75, 3.05) is 12.3 Å². The van der Waals surface area contributed by atoms with E-state index in [0.717, 1.165) is 22.4 Å². The zero-order valence-corrected chi connectivity index (χ0v) is 10.5. The summed E-state index contributed by atoms with van der Waals surface area (Å²) in [5.41, 5.74) is 9.54. The Balaban J connectivity index is 2.79. The Morgan fingerprint density at radius 3 is 2.71 bits per heavy atom. The fourth-order valence-corrected chi connectivity index (χ4v) is 1.40. The highest BCUT2D eigenvalue weighted by molar-refractivity contribution is 5.72. The van der Waals surface area contributed by atoms with E-state index >= 15 is 0 Å². The van der Waals surface area contributed by atoms with Crippen LogP contribution in [0.1, 0.15) is 30.0 Å². The number of nitrogens with two attached hydrogens (primary N) is 1. The summed E-state index contributed by atoms with van der Waals surface area (Å²) in [7, 11) is 0. The van der Waals surface area contributed by atoms with Crippen molar-refractivity contribution in [2.45, 2.75) is 27.2 Å². The van der Waals surface area contributed by atoms with Crippen molar-refractivity contribution in [1.82, 2.24) is 0 Å². The molecule has 0 amide bonds. The molecular weight excluding hydrogens is 214 g/mol. The van der Waals surface area contributed by atoms with Crippen LogP contribution in [0.5, 0.6) is 0 Å². The van der Waals surface area contributed by atoms with Crippen molar-refractivity contribution in [3.05, 3.63) is 28.8 Å². The van der Waals surface area contributed by atoms with Gasteiger partial charge in [-0.15, -0.1) is 0 Å². The normalized spacial score (nSPS) is 9.35. The molecule has 3 heteroatoms. The fourth-order valence-electron chi connectivity index (χ4n) is 1.40. The van der Waals surface area contributed by atoms with Crippen molar-refractivity contribution < 1.29 is 9.53 Å². The lowest BCUT2D eigenvalue weighted by Gasteiger charge is -2.05. The van der Waals surface area contributed by atoms with Crippen LogP contribution in [0.2, 0.25) is 0 Å². The summed E-state index contributed by atoms with van der Waals surface area (Å²) >= 11 is 0. The predicted octanol–water partition coefficient (Wildman–Crippen LogP) is 2.19. The van der Waals surface area contributed by atoms with Crippen molar-refractivity contribution >= 4 is 11.7 Å². The number of carbonyl (C=O) groups is 1. The summed E-state index contributed by atoms with van der Waals surface area (Å²) < 4.78 is 4.79. The summed E-state index contributed by atoms with van der Waals surface area (Å²) in [6.07, 6.45) is 0.122. The highest BCUT2D eigenvalue weighted by Crippen LogP contribution is 2.18. The maximum absolute atomic E-state index is 11.1. The topological polar surface area (TPSA) is 52.3 Å². The Morgan fingerprint density at radius 2 is 2.06 bits per heavy atom. The Hall–Kier alpha value is -1.95. The number of esters is 1. The quantitative estimate of drug-likeness (QED) is 0.482. The molecule has 0 radical (unpaired) electrons. The second kappa shape index (κ2) is 5.95. The van der Waals surface area contributed by atoms with Gasteiger partial charge < -0.3 is 10.5 Å². The van der Waals surface area contributed by atoms with Gasteiger partial charge in [-0.05, 0) is 44.0 Å². The van der Waals surface area contributed by atoms with Crippen LogP contribution in [0.15, 0.2) is 12.1 Å². The first kappa shape index (κ1) is 13.1. The van der Waals surface area contributed by atoms with Crippen LogP contribution in [0.25, 0.3) is 0 Å². The summed E-state index contributed by atoms with van der Waals surface area (Å²) in [5.74, 6) is 5.49. The third kappa shape index (κ3) is 3.53. The van der Waals surface area contributed by atoms with Crippen molar-refractivity contribution in [2.24, 2.45) is 0 Å². The molecule has 17 heavy (non-hydrogen) atoms. The maximum atomic E-state index is 11.1. The Morgan fingerprint density at radius 1 is 1.35 bits per heavy atom. The smallest absolute Gasteiger partial charge is 0.317 e. The third-order valence-corrected chi connectivity index (χ3v) is 2.59. The molecule has 0 aliphatic carbocycles. The van der Waals surface area contributed by atoms with Crippen LogP contribution in [0, 0.1) is 25.7 Å². The molecule has 1 aromatic rings. The minimum atomic E-state index is -0.287. The number of ether oxygens (including phenoxy) is 1. The van der Waals surface area contributed by atoms with E-state index in [1.165, 1.54) is 0 Å². The molecule has 0 aliphatic rings. The van der Waals surface area contributed by atoms with Gasteiger partial charge >= 0.3 is 5.97 Å². The number of carbonyl (C=O) groups excluding carboxylic acids is 1. The number of nitrogen functional groups attached to an aromatic ring is 1. The molecule has 1 rings (SSSR count). The Kier molecular flexibility index (Phi) is 4.59. The number of hydrogen-bond donors (Lipinski definition) is 1. The highest BCUT2D eigenvalue weighted by atomic mass is 16.5. The van der Waals surface area contributed by atoms with Crippen LogP contribution in [-0.4, -0.2) is 12.6 Å². The van der Waals surface area contributed by atoms with Crippen molar-refractivity contribution in [3.63, 3.8) is 0 Å². The van der Waals surface area contributed by atoms with Gasteiger partial charge in [-0.3, -0.25) is 4.79 Å². The molecule has 90 valence electrons. The van der Waals surface area contributed by atoms with E-state index in [9.17, 15) is 4.79 Å². The fraction of sp³-hybridized carbons (Fsp3) is 0.357. The van der Waals surface area contributed by atoms with E-state index < -0.39 is 0 Å². The maximum Gasteiger partial charge on any atom is 0.317 e. The first-order valence-corrected chi connectivity index (χ1v) is 5.56. The second-order valence-electron chi connectivity index (χ2n) is 3.74. The Labute approximate surface area is 102 Å².